The molecule has 0 aliphatic carbocycles. The molecule has 0 atom stereocenters. The average Bonchev–Trinajstić information content (AvgIpc) is 3.16. The number of carbonyl (C=O) groups excluding carboxylic acids is 2. The van der Waals surface area contributed by atoms with E-state index >= 15 is 0 Å². The second-order valence-electron chi connectivity index (χ2n) is 5.90. The third kappa shape index (κ3) is 4.75. The Hall–Kier alpha value is -3.55. The van der Waals surface area contributed by atoms with Crippen LogP contribution in [0.5, 0.6) is 0 Å². The number of esters is 1. The maximum Gasteiger partial charge on any atom is 0.325 e. The molecule has 0 spiro atoms. The van der Waals surface area contributed by atoms with Gasteiger partial charge in [0.25, 0.3) is 11.8 Å². The number of aryl methyl sites for hydroxylation is 2. The van der Waals surface area contributed by atoms with Crippen molar-refractivity contribution in [3.63, 3.8) is 0 Å². The monoisotopic (exact) mass is 366 g/mol. The van der Waals surface area contributed by atoms with Gasteiger partial charge in [-0.3, -0.25) is 14.6 Å². The van der Waals surface area contributed by atoms with Crippen molar-refractivity contribution in [2.45, 2.75) is 20.5 Å². The highest BCUT2D eigenvalue weighted by Crippen LogP contribution is 2.14. The molecular formula is C19H18N4O4. The molecule has 0 bridgehead atoms. The van der Waals surface area contributed by atoms with Crippen LogP contribution >= 0.6 is 0 Å². The summed E-state index contributed by atoms with van der Waals surface area (Å²) < 4.78 is 10.1. The third-order valence-corrected chi connectivity index (χ3v) is 3.91. The zero-order chi connectivity index (χ0) is 19.2. The Morgan fingerprint density at radius 3 is 2.78 bits per heavy atom. The molecule has 3 aromatic rings. The van der Waals surface area contributed by atoms with Gasteiger partial charge in [0, 0.05) is 23.5 Å². The molecule has 1 N–H and O–H groups in total. The van der Waals surface area contributed by atoms with E-state index in [1.807, 2.05) is 19.9 Å². The summed E-state index contributed by atoms with van der Waals surface area (Å²) in [6.45, 7) is 3.46. The van der Waals surface area contributed by atoms with Gasteiger partial charge in [0.1, 0.15) is 6.54 Å². The quantitative estimate of drug-likeness (QED) is 0.667. The van der Waals surface area contributed by atoms with Crippen molar-refractivity contribution in [2.75, 3.05) is 6.54 Å². The van der Waals surface area contributed by atoms with Gasteiger partial charge in [-0.25, -0.2) is 0 Å². The highest BCUT2D eigenvalue weighted by Gasteiger charge is 2.13. The normalized spacial score (nSPS) is 10.4. The van der Waals surface area contributed by atoms with E-state index in [-0.39, 0.29) is 24.9 Å². The van der Waals surface area contributed by atoms with E-state index in [1.165, 1.54) is 0 Å². The van der Waals surface area contributed by atoms with Gasteiger partial charge in [-0.2, -0.15) is 4.98 Å². The SMILES string of the molecule is Cc1ccc(C(=O)NCC(=O)OCc2nc(-c3cccnc3)no2)cc1C. The standard InChI is InChI=1S/C19H18N4O4/c1-12-5-6-14(8-13(12)2)19(25)21-10-17(24)26-11-16-22-18(23-27-16)15-4-3-7-20-9-15/h3-9H,10-11H2,1-2H3,(H,21,25). The summed E-state index contributed by atoms with van der Waals surface area (Å²) in [4.78, 5) is 32.0. The van der Waals surface area contributed by atoms with Crippen LogP contribution in [0.1, 0.15) is 27.4 Å². The highest BCUT2D eigenvalue weighted by atomic mass is 16.6. The van der Waals surface area contributed by atoms with Crippen molar-refractivity contribution < 1.29 is 18.8 Å². The van der Waals surface area contributed by atoms with Gasteiger partial charge in [-0.05, 0) is 49.2 Å². The predicted molar refractivity (Wildman–Crippen MR) is 95.6 cm³/mol. The smallest absolute Gasteiger partial charge is 0.325 e. The summed E-state index contributed by atoms with van der Waals surface area (Å²) in [6.07, 6.45) is 3.24. The first kappa shape index (κ1) is 18.2. The summed E-state index contributed by atoms with van der Waals surface area (Å²) in [5, 5.41) is 6.33. The Morgan fingerprint density at radius 2 is 2.04 bits per heavy atom. The first-order valence-corrected chi connectivity index (χ1v) is 8.27. The molecule has 0 fully saturated rings. The molecule has 27 heavy (non-hydrogen) atoms. The fourth-order valence-corrected chi connectivity index (χ4v) is 2.26. The number of hydrogen-bond acceptors (Lipinski definition) is 7. The fourth-order valence-electron chi connectivity index (χ4n) is 2.26. The molecule has 1 aromatic carbocycles. The van der Waals surface area contributed by atoms with Crippen molar-refractivity contribution >= 4 is 11.9 Å². The Morgan fingerprint density at radius 1 is 1.19 bits per heavy atom. The van der Waals surface area contributed by atoms with Crippen molar-refractivity contribution in [3.8, 4) is 11.4 Å². The minimum atomic E-state index is -0.603. The summed E-state index contributed by atoms with van der Waals surface area (Å²) in [5.74, 6) is -0.431. The molecule has 0 saturated heterocycles. The van der Waals surface area contributed by atoms with Gasteiger partial charge in [0.2, 0.25) is 5.82 Å². The van der Waals surface area contributed by atoms with E-state index < -0.39 is 5.97 Å². The molecule has 8 heteroatoms. The van der Waals surface area contributed by atoms with Gasteiger partial charge in [-0.15, -0.1) is 0 Å². The lowest BCUT2D eigenvalue weighted by Gasteiger charge is -2.07. The zero-order valence-corrected chi connectivity index (χ0v) is 14.9. The number of amides is 1. The summed E-state index contributed by atoms with van der Waals surface area (Å²) in [6, 6.07) is 8.88. The van der Waals surface area contributed by atoms with Crippen LogP contribution in [0.4, 0.5) is 0 Å². The van der Waals surface area contributed by atoms with E-state index in [0.29, 0.717) is 17.0 Å². The number of pyridine rings is 1. The van der Waals surface area contributed by atoms with Crippen LogP contribution in [0.3, 0.4) is 0 Å². The fraction of sp³-hybridized carbons (Fsp3) is 0.211. The Balaban J connectivity index is 1.48. The summed E-state index contributed by atoms with van der Waals surface area (Å²) in [7, 11) is 0. The van der Waals surface area contributed by atoms with Crippen LogP contribution < -0.4 is 5.32 Å². The zero-order valence-electron chi connectivity index (χ0n) is 14.9. The predicted octanol–water partition coefficient (Wildman–Crippen LogP) is 2.22. The minimum absolute atomic E-state index is 0.155. The lowest BCUT2D eigenvalue weighted by Crippen LogP contribution is -2.30. The van der Waals surface area contributed by atoms with Gasteiger partial charge < -0.3 is 14.6 Å². The Labute approximate surface area is 155 Å². The molecule has 0 aliphatic rings. The minimum Gasteiger partial charge on any atom is -0.454 e. The number of nitrogens with one attached hydrogen (secondary N) is 1. The van der Waals surface area contributed by atoms with Crippen LogP contribution in [-0.4, -0.2) is 33.5 Å². The highest BCUT2D eigenvalue weighted by molar-refractivity contribution is 5.96. The lowest BCUT2D eigenvalue weighted by molar-refractivity contribution is -0.144. The van der Waals surface area contributed by atoms with E-state index in [2.05, 4.69) is 20.4 Å². The van der Waals surface area contributed by atoms with E-state index in [9.17, 15) is 9.59 Å². The van der Waals surface area contributed by atoms with Gasteiger partial charge >= 0.3 is 5.97 Å². The van der Waals surface area contributed by atoms with Crippen molar-refractivity contribution in [2.24, 2.45) is 0 Å². The largest absolute Gasteiger partial charge is 0.454 e. The van der Waals surface area contributed by atoms with Crippen molar-refractivity contribution in [1.29, 1.82) is 0 Å². The molecule has 8 nitrogen and oxygen atoms in total. The van der Waals surface area contributed by atoms with E-state index in [1.54, 1.807) is 36.7 Å². The summed E-state index contributed by atoms with van der Waals surface area (Å²) in [5.41, 5.74) is 3.28. The maximum absolute atomic E-state index is 12.1. The van der Waals surface area contributed by atoms with Crippen LogP contribution in [0, 0.1) is 13.8 Å². The molecular weight excluding hydrogens is 348 g/mol. The van der Waals surface area contributed by atoms with Gasteiger partial charge in [0.15, 0.2) is 6.61 Å². The second kappa shape index (κ2) is 8.22. The molecule has 0 unspecified atom stereocenters. The van der Waals surface area contributed by atoms with Crippen LogP contribution in [0.2, 0.25) is 0 Å². The molecule has 3 rings (SSSR count). The number of benzene rings is 1. The molecule has 0 saturated carbocycles. The average molecular weight is 366 g/mol. The number of rotatable bonds is 6. The third-order valence-electron chi connectivity index (χ3n) is 3.91. The number of nitrogens with zero attached hydrogens (tertiary/aromatic N) is 3. The van der Waals surface area contributed by atoms with Crippen LogP contribution in [-0.2, 0) is 16.1 Å². The Bertz CT molecular complexity index is 953. The number of carbonyl (C=O) groups is 2. The molecule has 138 valence electrons. The lowest BCUT2D eigenvalue weighted by atomic mass is 10.1. The first-order valence-electron chi connectivity index (χ1n) is 8.27. The van der Waals surface area contributed by atoms with E-state index in [4.69, 9.17) is 9.26 Å². The first-order chi connectivity index (χ1) is 13.0. The van der Waals surface area contributed by atoms with Gasteiger partial charge in [0.05, 0.1) is 0 Å². The van der Waals surface area contributed by atoms with Crippen LogP contribution in [0.25, 0.3) is 11.4 Å². The van der Waals surface area contributed by atoms with Crippen molar-refractivity contribution in [1.82, 2.24) is 20.4 Å². The number of hydrogen-bond donors (Lipinski definition) is 1. The molecule has 2 heterocycles. The second-order valence-corrected chi connectivity index (χ2v) is 5.90. The molecule has 0 radical (unpaired) electrons. The van der Waals surface area contributed by atoms with Crippen molar-refractivity contribution in [3.05, 3.63) is 65.3 Å². The van der Waals surface area contributed by atoms with Crippen LogP contribution in [0.15, 0.2) is 47.2 Å². The number of aromatic nitrogens is 3. The summed E-state index contributed by atoms with van der Waals surface area (Å²) >= 11 is 0. The molecule has 0 aliphatic heterocycles. The number of ether oxygens (including phenoxy) is 1. The topological polar surface area (TPSA) is 107 Å². The Kier molecular flexibility index (Phi) is 5.55. The molecule has 1 amide bonds. The maximum atomic E-state index is 12.1. The van der Waals surface area contributed by atoms with E-state index in [0.717, 1.165) is 11.1 Å². The molecule has 2 aromatic heterocycles. The van der Waals surface area contributed by atoms with Gasteiger partial charge in [-0.1, -0.05) is 11.2 Å².